The highest BCUT2D eigenvalue weighted by Crippen LogP contribution is 2.32. The van der Waals surface area contributed by atoms with E-state index in [0.717, 1.165) is 40.7 Å². The van der Waals surface area contributed by atoms with Crippen molar-refractivity contribution >= 4 is 11.3 Å². The zero-order valence-corrected chi connectivity index (χ0v) is 19.3. The second-order valence-corrected chi connectivity index (χ2v) is 8.10. The van der Waals surface area contributed by atoms with Crippen LogP contribution in [0.4, 0.5) is 13.2 Å². The van der Waals surface area contributed by atoms with Gasteiger partial charge >= 0.3 is 6.18 Å². The van der Waals surface area contributed by atoms with Gasteiger partial charge in [0.15, 0.2) is 12.3 Å². The standard InChI is InChI=1S/C24H28F3N4O/c1-7-14(2)22(15(3)16(4)23-28-10-8-21(32)30(23)6)31-11-9-20-19(17(31)5)12-18(13-29-20)24(25,26)27/h8,10,12-13H,7,9,11H2,1-6H3/q+1/b16-15-,22-14-. The first-order valence-corrected chi connectivity index (χ1v) is 10.5. The molecule has 5 nitrogen and oxygen atoms in total. The lowest BCUT2D eigenvalue weighted by Crippen LogP contribution is -2.30. The summed E-state index contributed by atoms with van der Waals surface area (Å²) in [5.74, 6) is 0.562. The van der Waals surface area contributed by atoms with E-state index in [1.165, 1.54) is 22.9 Å². The summed E-state index contributed by atoms with van der Waals surface area (Å²) in [5.41, 5.74) is 4.84. The Morgan fingerprint density at radius 3 is 2.53 bits per heavy atom. The van der Waals surface area contributed by atoms with Crippen LogP contribution in [0.25, 0.3) is 5.57 Å². The number of fused-ring (bicyclic) bond motifs is 1. The van der Waals surface area contributed by atoms with E-state index in [9.17, 15) is 18.0 Å². The molecule has 0 atom stereocenters. The molecule has 1 aliphatic heterocycles. The molecular weight excluding hydrogens is 417 g/mol. The molecule has 32 heavy (non-hydrogen) atoms. The van der Waals surface area contributed by atoms with Gasteiger partial charge in [-0.2, -0.15) is 17.7 Å². The third-order valence-corrected chi connectivity index (χ3v) is 6.18. The minimum atomic E-state index is -4.45. The van der Waals surface area contributed by atoms with E-state index in [0.29, 0.717) is 30.0 Å². The molecule has 0 unspecified atom stereocenters. The quantitative estimate of drug-likeness (QED) is 0.504. The van der Waals surface area contributed by atoms with E-state index in [1.54, 1.807) is 7.05 Å². The smallest absolute Gasteiger partial charge is 0.296 e. The molecule has 0 aromatic carbocycles. The molecular formula is C24H28F3N4O+. The lowest BCUT2D eigenvalue weighted by atomic mass is 9.96. The molecule has 1 aliphatic rings. The topological polar surface area (TPSA) is 50.8 Å². The molecule has 3 rings (SSSR count). The van der Waals surface area contributed by atoms with Gasteiger partial charge in [0.2, 0.25) is 5.70 Å². The highest BCUT2D eigenvalue weighted by molar-refractivity contribution is 5.97. The third kappa shape index (κ3) is 4.31. The number of allylic oxidation sites excluding steroid dienone is 3. The molecule has 170 valence electrons. The Morgan fingerprint density at radius 2 is 1.91 bits per heavy atom. The molecule has 0 fully saturated rings. The van der Waals surface area contributed by atoms with Gasteiger partial charge in [-0.3, -0.25) is 14.3 Å². The summed E-state index contributed by atoms with van der Waals surface area (Å²) in [4.78, 5) is 20.6. The van der Waals surface area contributed by atoms with Gasteiger partial charge in [-0.25, -0.2) is 4.98 Å². The van der Waals surface area contributed by atoms with E-state index < -0.39 is 11.7 Å². The fourth-order valence-corrected chi connectivity index (χ4v) is 4.06. The molecule has 2 aromatic rings. The van der Waals surface area contributed by atoms with Gasteiger partial charge in [0.25, 0.3) is 5.56 Å². The van der Waals surface area contributed by atoms with Crippen molar-refractivity contribution in [1.29, 1.82) is 0 Å². The minimum absolute atomic E-state index is 0.153. The van der Waals surface area contributed by atoms with Crippen molar-refractivity contribution in [3.8, 4) is 0 Å². The van der Waals surface area contributed by atoms with E-state index >= 15 is 0 Å². The molecule has 0 bridgehead atoms. The first-order chi connectivity index (χ1) is 15.0. The van der Waals surface area contributed by atoms with Crippen LogP contribution in [0.1, 0.15) is 63.7 Å². The zero-order valence-electron chi connectivity index (χ0n) is 19.3. The van der Waals surface area contributed by atoms with Crippen molar-refractivity contribution in [3.05, 3.63) is 74.4 Å². The number of hydrogen-bond acceptors (Lipinski definition) is 3. The van der Waals surface area contributed by atoms with Crippen LogP contribution in [0, 0.1) is 0 Å². The molecule has 0 amide bonds. The van der Waals surface area contributed by atoms with Gasteiger partial charge in [-0.15, -0.1) is 0 Å². The summed E-state index contributed by atoms with van der Waals surface area (Å²) in [6, 6.07) is 2.60. The fraction of sp³-hybridized carbons (Fsp3) is 0.417. The Kier molecular flexibility index (Phi) is 6.53. The maximum atomic E-state index is 13.3. The van der Waals surface area contributed by atoms with E-state index in [1.807, 2.05) is 34.6 Å². The maximum Gasteiger partial charge on any atom is 0.417 e. The number of halogens is 3. The van der Waals surface area contributed by atoms with Crippen molar-refractivity contribution < 1.29 is 17.7 Å². The molecule has 2 aromatic heterocycles. The molecule has 0 saturated carbocycles. The summed E-state index contributed by atoms with van der Waals surface area (Å²) in [6.45, 7) is 10.4. The van der Waals surface area contributed by atoms with Gasteiger partial charge in [-0.05, 0) is 38.8 Å². The number of rotatable bonds is 4. The monoisotopic (exact) mass is 445 g/mol. The number of alkyl halides is 3. The Bertz CT molecular complexity index is 1220. The normalized spacial score (nSPS) is 15.9. The summed E-state index contributed by atoms with van der Waals surface area (Å²) >= 11 is 0. The minimum Gasteiger partial charge on any atom is -0.296 e. The van der Waals surface area contributed by atoms with Gasteiger partial charge in [0.1, 0.15) is 5.82 Å². The van der Waals surface area contributed by atoms with Crippen molar-refractivity contribution in [1.82, 2.24) is 14.5 Å². The summed E-state index contributed by atoms with van der Waals surface area (Å²) < 4.78 is 43.5. The van der Waals surface area contributed by atoms with Crippen molar-refractivity contribution in [2.24, 2.45) is 7.05 Å². The van der Waals surface area contributed by atoms with Crippen LogP contribution < -0.4 is 5.56 Å². The fourth-order valence-electron chi connectivity index (χ4n) is 4.06. The average Bonchev–Trinajstić information content (AvgIpc) is 2.75. The molecule has 0 radical (unpaired) electrons. The average molecular weight is 446 g/mol. The molecule has 0 saturated heterocycles. The predicted octanol–water partition coefficient (Wildman–Crippen LogP) is 4.75. The second-order valence-electron chi connectivity index (χ2n) is 8.10. The zero-order chi connectivity index (χ0) is 23.8. The Morgan fingerprint density at radius 1 is 1.22 bits per heavy atom. The lowest BCUT2D eigenvalue weighted by molar-refractivity contribution is -0.476. The number of pyridine rings is 1. The van der Waals surface area contributed by atoms with Crippen molar-refractivity contribution in [2.45, 2.75) is 53.6 Å². The highest BCUT2D eigenvalue weighted by atomic mass is 19.4. The van der Waals surface area contributed by atoms with Gasteiger partial charge < -0.3 is 0 Å². The lowest BCUT2D eigenvalue weighted by Gasteiger charge is -2.21. The van der Waals surface area contributed by atoms with Crippen LogP contribution >= 0.6 is 0 Å². The van der Waals surface area contributed by atoms with Gasteiger partial charge in [0, 0.05) is 43.6 Å². The molecule has 0 aliphatic carbocycles. The molecule has 3 heterocycles. The number of aromatic nitrogens is 3. The Balaban J connectivity index is 2.24. The maximum absolute atomic E-state index is 13.3. The van der Waals surface area contributed by atoms with Crippen LogP contribution in [0.5, 0.6) is 0 Å². The highest BCUT2D eigenvalue weighted by Gasteiger charge is 2.35. The molecule has 8 heteroatoms. The third-order valence-electron chi connectivity index (χ3n) is 6.18. The first-order valence-electron chi connectivity index (χ1n) is 10.5. The van der Waals surface area contributed by atoms with Crippen molar-refractivity contribution in [2.75, 3.05) is 6.54 Å². The first kappa shape index (κ1) is 23.6. The predicted molar refractivity (Wildman–Crippen MR) is 119 cm³/mol. The van der Waals surface area contributed by atoms with Gasteiger partial charge in [-0.1, -0.05) is 6.92 Å². The van der Waals surface area contributed by atoms with Crippen molar-refractivity contribution in [3.63, 3.8) is 0 Å². The van der Waals surface area contributed by atoms with Crippen LogP contribution in [-0.4, -0.2) is 31.4 Å². The van der Waals surface area contributed by atoms with Crippen LogP contribution in [0.3, 0.4) is 0 Å². The number of hydrogen-bond donors (Lipinski definition) is 0. The van der Waals surface area contributed by atoms with E-state index in [-0.39, 0.29) is 5.56 Å². The Labute approximate surface area is 185 Å². The Hall–Kier alpha value is -3.03. The largest absolute Gasteiger partial charge is 0.417 e. The SMILES string of the molecule is CC/C(C)=C(/C(C)=C(/C)c1nccc(=O)n1C)[N+]1=C(C)c2cc(C(F)(F)F)cnc2CC1. The summed E-state index contributed by atoms with van der Waals surface area (Å²) in [7, 11) is 1.68. The van der Waals surface area contributed by atoms with E-state index in [4.69, 9.17) is 0 Å². The second kappa shape index (κ2) is 8.84. The van der Waals surface area contributed by atoms with E-state index in [2.05, 4.69) is 14.5 Å². The van der Waals surface area contributed by atoms with Crippen LogP contribution in [-0.2, 0) is 19.6 Å². The summed E-state index contributed by atoms with van der Waals surface area (Å²) in [6.07, 6.45) is -0.729. The van der Waals surface area contributed by atoms with Crippen LogP contribution in [0.2, 0.25) is 0 Å². The molecule has 0 N–H and O–H groups in total. The number of nitrogens with zero attached hydrogens (tertiary/aromatic N) is 4. The summed E-state index contributed by atoms with van der Waals surface area (Å²) in [5, 5.41) is 0. The van der Waals surface area contributed by atoms with Crippen LogP contribution in [0.15, 0.2) is 46.2 Å². The van der Waals surface area contributed by atoms with Gasteiger partial charge in [0.05, 0.1) is 23.2 Å². The molecule has 0 spiro atoms.